The molecule has 2 rings (SSSR count). The molecule has 0 aliphatic rings. The van der Waals surface area contributed by atoms with Crippen molar-refractivity contribution in [1.29, 1.82) is 0 Å². The van der Waals surface area contributed by atoms with Gasteiger partial charge in [-0.2, -0.15) is 0 Å². The van der Waals surface area contributed by atoms with Crippen molar-refractivity contribution < 1.29 is 19.2 Å². The van der Waals surface area contributed by atoms with Gasteiger partial charge in [-0.05, 0) is 23.3 Å². The first kappa shape index (κ1) is 15.7. The lowest BCUT2D eigenvalue weighted by Crippen LogP contribution is -2.23. The second kappa shape index (κ2) is 7.95. The summed E-state index contributed by atoms with van der Waals surface area (Å²) in [6.45, 7) is 0.172. The van der Waals surface area contributed by atoms with Crippen LogP contribution in [0.15, 0.2) is 54.6 Å². The maximum absolute atomic E-state index is 11.8. The lowest BCUT2D eigenvalue weighted by atomic mass is 10.1. The van der Waals surface area contributed by atoms with Crippen molar-refractivity contribution in [1.82, 2.24) is 5.48 Å². The first-order valence-electron chi connectivity index (χ1n) is 6.81. The zero-order valence-electron chi connectivity index (χ0n) is 12.2. The Morgan fingerprint density at radius 1 is 0.955 bits per heavy atom. The molecule has 0 radical (unpaired) electrons. The van der Waals surface area contributed by atoms with Crippen molar-refractivity contribution in [2.45, 2.75) is 13.0 Å². The van der Waals surface area contributed by atoms with Crippen molar-refractivity contribution in [2.75, 3.05) is 7.11 Å². The van der Waals surface area contributed by atoms with Gasteiger partial charge in [0.15, 0.2) is 0 Å². The van der Waals surface area contributed by atoms with E-state index >= 15 is 0 Å². The summed E-state index contributed by atoms with van der Waals surface area (Å²) >= 11 is 0. The summed E-state index contributed by atoms with van der Waals surface area (Å²) in [6, 6.07) is 16.1. The third-order valence-electron chi connectivity index (χ3n) is 3.11. The minimum Gasteiger partial charge on any atom is -0.469 e. The number of hydrogen-bond acceptors (Lipinski definition) is 4. The van der Waals surface area contributed by atoms with Crippen molar-refractivity contribution in [3.8, 4) is 0 Å². The number of methoxy groups -OCH3 is 1. The summed E-state index contributed by atoms with van der Waals surface area (Å²) < 4.78 is 4.66. The van der Waals surface area contributed by atoms with E-state index in [2.05, 4.69) is 10.2 Å². The lowest BCUT2D eigenvalue weighted by Gasteiger charge is -2.10. The number of hydrogen-bond donors (Lipinski definition) is 1. The van der Waals surface area contributed by atoms with Gasteiger partial charge in [-0.3, -0.25) is 14.4 Å². The fourth-order valence-corrected chi connectivity index (χ4v) is 1.93. The first-order chi connectivity index (χ1) is 10.7. The molecule has 2 aromatic rings. The Balaban J connectivity index is 1.92. The smallest absolute Gasteiger partial charge is 0.309 e. The summed E-state index contributed by atoms with van der Waals surface area (Å²) in [6.07, 6.45) is 0.169. The fraction of sp³-hybridized carbons (Fsp3) is 0.176. The third-order valence-corrected chi connectivity index (χ3v) is 3.11. The van der Waals surface area contributed by atoms with Gasteiger partial charge in [0.25, 0.3) is 5.91 Å². The van der Waals surface area contributed by atoms with Crippen LogP contribution in [0.2, 0.25) is 0 Å². The van der Waals surface area contributed by atoms with Gasteiger partial charge in [0, 0.05) is 5.56 Å². The van der Waals surface area contributed by atoms with E-state index in [4.69, 9.17) is 4.84 Å². The first-order valence-corrected chi connectivity index (χ1v) is 6.81. The number of benzene rings is 2. The molecule has 0 bridgehead atoms. The molecule has 5 heteroatoms. The summed E-state index contributed by atoms with van der Waals surface area (Å²) in [5.74, 6) is -0.633. The molecule has 0 unspecified atom stereocenters. The number of nitrogens with one attached hydrogen (secondary N) is 1. The summed E-state index contributed by atoms with van der Waals surface area (Å²) in [4.78, 5) is 28.4. The van der Waals surface area contributed by atoms with Crippen LogP contribution < -0.4 is 5.48 Å². The van der Waals surface area contributed by atoms with Gasteiger partial charge in [-0.1, -0.05) is 42.5 Å². The van der Waals surface area contributed by atoms with E-state index in [0.29, 0.717) is 5.56 Å². The maximum atomic E-state index is 11.8. The minimum atomic E-state index is -0.319. The Labute approximate surface area is 128 Å². The van der Waals surface area contributed by atoms with Crippen LogP contribution in [0, 0.1) is 0 Å². The third kappa shape index (κ3) is 4.43. The summed E-state index contributed by atoms with van der Waals surface area (Å²) in [5.41, 5.74) is 4.53. The predicted molar refractivity (Wildman–Crippen MR) is 80.9 cm³/mol. The summed E-state index contributed by atoms with van der Waals surface area (Å²) in [5, 5.41) is 0. The SMILES string of the molecule is COC(=O)Cc1ccccc1CONC(=O)c1ccccc1. The van der Waals surface area contributed by atoms with E-state index < -0.39 is 0 Å². The van der Waals surface area contributed by atoms with Gasteiger partial charge in [0.05, 0.1) is 13.5 Å². The van der Waals surface area contributed by atoms with Gasteiger partial charge in [-0.25, -0.2) is 5.48 Å². The molecular formula is C17H17NO4. The molecule has 0 aliphatic heterocycles. The number of ether oxygens (including phenoxy) is 1. The Kier molecular flexibility index (Phi) is 5.68. The molecule has 0 aromatic heterocycles. The van der Waals surface area contributed by atoms with Crippen LogP contribution in [-0.2, 0) is 27.4 Å². The second-order valence-electron chi connectivity index (χ2n) is 4.61. The van der Waals surface area contributed by atoms with Crippen molar-refractivity contribution >= 4 is 11.9 Å². The Morgan fingerprint density at radius 2 is 1.59 bits per heavy atom. The maximum Gasteiger partial charge on any atom is 0.309 e. The molecule has 0 spiro atoms. The van der Waals surface area contributed by atoms with Crippen LogP contribution in [0.5, 0.6) is 0 Å². The molecule has 0 saturated heterocycles. The largest absolute Gasteiger partial charge is 0.469 e. The Bertz CT molecular complexity index is 640. The Morgan fingerprint density at radius 3 is 2.27 bits per heavy atom. The normalized spacial score (nSPS) is 10.0. The molecule has 0 aliphatic carbocycles. The van der Waals surface area contributed by atoms with Crippen LogP contribution in [0.3, 0.4) is 0 Å². The number of rotatable bonds is 6. The van der Waals surface area contributed by atoms with Crippen LogP contribution in [-0.4, -0.2) is 19.0 Å². The van der Waals surface area contributed by atoms with Crippen LogP contribution in [0.25, 0.3) is 0 Å². The number of carbonyl (C=O) groups is 2. The highest BCUT2D eigenvalue weighted by Gasteiger charge is 2.09. The van der Waals surface area contributed by atoms with E-state index in [1.54, 1.807) is 24.3 Å². The van der Waals surface area contributed by atoms with Gasteiger partial charge >= 0.3 is 5.97 Å². The molecule has 114 valence electrons. The Hall–Kier alpha value is -2.66. The molecule has 1 amide bonds. The van der Waals surface area contributed by atoms with E-state index in [1.165, 1.54) is 7.11 Å². The van der Waals surface area contributed by atoms with Crippen LogP contribution in [0.1, 0.15) is 21.5 Å². The standard InChI is InChI=1S/C17H17NO4/c1-21-16(19)11-14-9-5-6-10-15(14)12-22-18-17(20)13-7-3-2-4-8-13/h2-10H,11-12H2,1H3,(H,18,20). The van der Waals surface area contributed by atoms with E-state index in [0.717, 1.165) is 11.1 Å². The fourth-order valence-electron chi connectivity index (χ4n) is 1.93. The van der Waals surface area contributed by atoms with E-state index in [-0.39, 0.29) is 24.9 Å². The van der Waals surface area contributed by atoms with Gasteiger partial charge in [0.2, 0.25) is 0 Å². The van der Waals surface area contributed by atoms with Gasteiger partial charge < -0.3 is 4.74 Å². The van der Waals surface area contributed by atoms with E-state index in [1.807, 2.05) is 30.3 Å². The molecular weight excluding hydrogens is 282 g/mol. The quantitative estimate of drug-likeness (QED) is 0.656. The minimum absolute atomic E-state index is 0.169. The van der Waals surface area contributed by atoms with Crippen molar-refractivity contribution in [2.24, 2.45) is 0 Å². The van der Waals surface area contributed by atoms with Gasteiger partial charge in [0.1, 0.15) is 6.61 Å². The molecule has 2 aromatic carbocycles. The van der Waals surface area contributed by atoms with Crippen LogP contribution in [0.4, 0.5) is 0 Å². The highest BCUT2D eigenvalue weighted by molar-refractivity contribution is 5.93. The molecule has 0 saturated carbocycles. The predicted octanol–water partition coefficient (Wildman–Crippen LogP) is 2.26. The molecule has 5 nitrogen and oxygen atoms in total. The second-order valence-corrected chi connectivity index (χ2v) is 4.61. The highest BCUT2D eigenvalue weighted by atomic mass is 16.6. The topological polar surface area (TPSA) is 64.6 Å². The average molecular weight is 299 g/mol. The summed E-state index contributed by atoms with van der Waals surface area (Å²) in [7, 11) is 1.35. The highest BCUT2D eigenvalue weighted by Crippen LogP contribution is 2.11. The van der Waals surface area contributed by atoms with Gasteiger partial charge in [-0.15, -0.1) is 0 Å². The number of amides is 1. The molecule has 22 heavy (non-hydrogen) atoms. The van der Waals surface area contributed by atoms with Crippen molar-refractivity contribution in [3.05, 3.63) is 71.3 Å². The zero-order chi connectivity index (χ0) is 15.8. The molecule has 0 fully saturated rings. The lowest BCUT2D eigenvalue weighted by molar-refractivity contribution is -0.139. The monoisotopic (exact) mass is 299 g/mol. The van der Waals surface area contributed by atoms with Crippen LogP contribution >= 0.6 is 0 Å². The van der Waals surface area contributed by atoms with Crippen molar-refractivity contribution in [3.63, 3.8) is 0 Å². The average Bonchev–Trinajstić information content (AvgIpc) is 2.57. The number of carbonyl (C=O) groups excluding carboxylic acids is 2. The molecule has 1 N–H and O–H groups in total. The molecule has 0 heterocycles. The molecule has 0 atom stereocenters. The zero-order valence-corrected chi connectivity index (χ0v) is 12.2. The number of hydroxylamine groups is 1. The van der Waals surface area contributed by atoms with E-state index in [9.17, 15) is 9.59 Å². The number of esters is 1.